The van der Waals surface area contributed by atoms with Crippen LogP contribution in [-0.4, -0.2) is 22.1 Å². The summed E-state index contributed by atoms with van der Waals surface area (Å²) < 4.78 is 1.50. The second-order valence-electron chi connectivity index (χ2n) is 3.55. The van der Waals surface area contributed by atoms with Crippen LogP contribution in [0.15, 0.2) is 6.20 Å². The molecule has 2 N–H and O–H groups in total. The van der Waals surface area contributed by atoms with Crippen molar-refractivity contribution in [3.05, 3.63) is 16.9 Å². The van der Waals surface area contributed by atoms with E-state index in [2.05, 4.69) is 5.10 Å². The summed E-state index contributed by atoms with van der Waals surface area (Å²) in [5.74, 6) is -0.160. The van der Waals surface area contributed by atoms with Crippen molar-refractivity contribution in [2.24, 2.45) is 18.7 Å². The first-order chi connectivity index (χ1) is 7.11. The monoisotopic (exact) mass is 229 g/mol. The number of aryl methyl sites for hydroxylation is 1. The van der Waals surface area contributed by atoms with Gasteiger partial charge in [-0.2, -0.15) is 5.10 Å². The minimum atomic E-state index is -0.150. The van der Waals surface area contributed by atoms with E-state index in [9.17, 15) is 4.79 Å². The van der Waals surface area contributed by atoms with Crippen molar-refractivity contribution in [3.63, 3.8) is 0 Å². The Hall–Kier alpha value is -0.870. The van der Waals surface area contributed by atoms with Crippen LogP contribution in [0.3, 0.4) is 0 Å². The first kappa shape index (κ1) is 12.2. The Bertz CT molecular complexity index is 329. The summed E-state index contributed by atoms with van der Waals surface area (Å²) in [6, 6.07) is 0. The van der Waals surface area contributed by atoms with Crippen molar-refractivity contribution in [1.29, 1.82) is 0 Å². The second kappa shape index (κ2) is 5.28. The molecule has 0 fully saturated rings. The fourth-order valence-corrected chi connectivity index (χ4v) is 1.84. The summed E-state index contributed by atoms with van der Waals surface area (Å²) in [6.07, 6.45) is 3.20. The molecule has 0 aliphatic rings. The van der Waals surface area contributed by atoms with Gasteiger partial charge in [-0.3, -0.25) is 9.48 Å². The third-order valence-electron chi connectivity index (χ3n) is 2.42. The highest BCUT2D eigenvalue weighted by Crippen LogP contribution is 2.20. The van der Waals surface area contributed by atoms with Gasteiger partial charge in [0.25, 0.3) is 0 Å². The van der Waals surface area contributed by atoms with E-state index >= 15 is 0 Å². The van der Waals surface area contributed by atoms with Crippen LogP contribution in [-0.2, 0) is 7.05 Å². The summed E-state index contributed by atoms with van der Waals surface area (Å²) in [6.45, 7) is 2.38. The van der Waals surface area contributed by atoms with Crippen LogP contribution in [0.5, 0.6) is 0 Å². The zero-order valence-electron chi connectivity index (χ0n) is 9.03. The van der Waals surface area contributed by atoms with Crippen LogP contribution in [0.4, 0.5) is 0 Å². The predicted molar refractivity (Wildman–Crippen MR) is 60.0 cm³/mol. The van der Waals surface area contributed by atoms with Crippen LogP contribution in [0.2, 0.25) is 5.02 Å². The molecule has 1 unspecified atom stereocenters. The number of nitrogens with zero attached hydrogens (tertiary/aromatic N) is 2. The molecule has 15 heavy (non-hydrogen) atoms. The first-order valence-electron chi connectivity index (χ1n) is 5.03. The Morgan fingerprint density at radius 3 is 2.80 bits per heavy atom. The number of carbonyl (C=O) groups is 1. The van der Waals surface area contributed by atoms with Gasteiger partial charge in [0.1, 0.15) is 5.69 Å². The van der Waals surface area contributed by atoms with Crippen LogP contribution < -0.4 is 5.73 Å². The third-order valence-corrected chi connectivity index (χ3v) is 2.70. The molecular weight excluding hydrogens is 214 g/mol. The average molecular weight is 230 g/mol. The molecule has 1 rings (SSSR count). The molecule has 0 bridgehead atoms. The molecule has 5 heteroatoms. The van der Waals surface area contributed by atoms with Crippen molar-refractivity contribution in [1.82, 2.24) is 9.78 Å². The molecule has 1 aromatic rings. The van der Waals surface area contributed by atoms with Crippen molar-refractivity contribution in [2.75, 3.05) is 6.54 Å². The molecule has 0 amide bonds. The third kappa shape index (κ3) is 2.58. The highest BCUT2D eigenvalue weighted by atomic mass is 35.5. The summed E-state index contributed by atoms with van der Waals surface area (Å²) in [5, 5.41) is 4.34. The topological polar surface area (TPSA) is 60.9 Å². The van der Waals surface area contributed by atoms with Gasteiger partial charge in [-0.05, 0) is 6.42 Å². The zero-order valence-corrected chi connectivity index (χ0v) is 9.79. The standard InChI is InChI=1S/C10H16ClN3O/c1-3-4-7(5-12)10(15)9-8(11)6-13-14(9)2/h6-7H,3-5,12H2,1-2H3. The SMILES string of the molecule is CCCC(CN)C(=O)c1c(Cl)cnn1C. The number of carbonyl (C=O) groups excluding carboxylic acids is 1. The number of hydrogen-bond donors (Lipinski definition) is 1. The molecule has 0 saturated carbocycles. The predicted octanol–water partition coefficient (Wildman–Crippen LogP) is 1.63. The lowest BCUT2D eigenvalue weighted by atomic mass is 9.96. The molecule has 84 valence electrons. The van der Waals surface area contributed by atoms with Crippen molar-refractivity contribution >= 4 is 17.4 Å². The summed E-state index contributed by atoms with van der Waals surface area (Å²) in [4.78, 5) is 12.0. The number of halogens is 1. The Morgan fingerprint density at radius 1 is 1.73 bits per heavy atom. The molecular formula is C10H16ClN3O. The van der Waals surface area contributed by atoms with Crippen LogP contribution in [0.25, 0.3) is 0 Å². The molecule has 1 aromatic heterocycles. The molecule has 0 radical (unpaired) electrons. The van der Waals surface area contributed by atoms with E-state index in [-0.39, 0.29) is 11.7 Å². The first-order valence-corrected chi connectivity index (χ1v) is 5.41. The molecule has 4 nitrogen and oxygen atoms in total. The summed E-state index contributed by atoms with van der Waals surface area (Å²) in [5.41, 5.74) is 6.03. The molecule has 0 aliphatic heterocycles. The van der Waals surface area contributed by atoms with E-state index in [1.165, 1.54) is 10.9 Å². The van der Waals surface area contributed by atoms with Crippen molar-refractivity contribution in [2.45, 2.75) is 19.8 Å². The summed E-state index contributed by atoms with van der Waals surface area (Å²) in [7, 11) is 1.71. The number of hydrogen-bond acceptors (Lipinski definition) is 3. The van der Waals surface area contributed by atoms with Crippen LogP contribution >= 0.6 is 11.6 Å². The number of Topliss-reactive ketones (excluding diaryl/α,β-unsaturated/α-hetero) is 1. The fraction of sp³-hybridized carbons (Fsp3) is 0.600. The van der Waals surface area contributed by atoms with Gasteiger partial charge < -0.3 is 5.73 Å². The highest BCUT2D eigenvalue weighted by molar-refractivity contribution is 6.33. The Morgan fingerprint density at radius 2 is 2.40 bits per heavy atom. The average Bonchev–Trinajstić information content (AvgIpc) is 2.54. The van der Waals surface area contributed by atoms with Gasteiger partial charge >= 0.3 is 0 Å². The van der Waals surface area contributed by atoms with Gasteiger partial charge in [-0.15, -0.1) is 0 Å². The van der Waals surface area contributed by atoms with E-state index < -0.39 is 0 Å². The van der Waals surface area contributed by atoms with Crippen LogP contribution in [0.1, 0.15) is 30.3 Å². The lowest BCUT2D eigenvalue weighted by Crippen LogP contribution is -2.25. The van der Waals surface area contributed by atoms with E-state index in [1.54, 1.807) is 7.05 Å². The van der Waals surface area contributed by atoms with Gasteiger partial charge in [0.2, 0.25) is 0 Å². The van der Waals surface area contributed by atoms with Crippen LogP contribution in [0, 0.1) is 5.92 Å². The molecule has 0 aliphatic carbocycles. The molecule has 1 heterocycles. The smallest absolute Gasteiger partial charge is 0.186 e. The minimum absolute atomic E-state index is 0.00986. The van der Waals surface area contributed by atoms with Crippen molar-refractivity contribution < 1.29 is 4.79 Å². The Balaban J connectivity index is 2.92. The van der Waals surface area contributed by atoms with E-state index in [4.69, 9.17) is 17.3 Å². The minimum Gasteiger partial charge on any atom is -0.330 e. The fourth-order valence-electron chi connectivity index (χ4n) is 1.59. The number of ketones is 1. The largest absolute Gasteiger partial charge is 0.330 e. The maximum atomic E-state index is 12.0. The number of aromatic nitrogens is 2. The quantitative estimate of drug-likeness (QED) is 0.781. The highest BCUT2D eigenvalue weighted by Gasteiger charge is 2.23. The van der Waals surface area contributed by atoms with E-state index in [0.29, 0.717) is 17.3 Å². The molecule has 0 saturated heterocycles. The second-order valence-corrected chi connectivity index (χ2v) is 3.96. The molecule has 0 aromatic carbocycles. The van der Waals surface area contributed by atoms with Gasteiger partial charge in [0.15, 0.2) is 5.78 Å². The number of nitrogens with two attached hydrogens (primary N) is 1. The number of rotatable bonds is 5. The maximum absolute atomic E-state index is 12.0. The lowest BCUT2D eigenvalue weighted by Gasteiger charge is -2.12. The Kier molecular flexibility index (Phi) is 4.29. The zero-order chi connectivity index (χ0) is 11.4. The normalized spacial score (nSPS) is 12.8. The van der Waals surface area contributed by atoms with Gasteiger partial charge in [-0.1, -0.05) is 24.9 Å². The maximum Gasteiger partial charge on any atom is 0.186 e. The Labute approximate surface area is 94.4 Å². The molecule has 0 spiro atoms. The van der Waals surface area contributed by atoms with Gasteiger partial charge in [-0.25, -0.2) is 0 Å². The van der Waals surface area contributed by atoms with E-state index in [0.717, 1.165) is 12.8 Å². The van der Waals surface area contributed by atoms with Crippen molar-refractivity contribution in [3.8, 4) is 0 Å². The molecule has 1 atom stereocenters. The summed E-state index contributed by atoms with van der Waals surface area (Å²) >= 11 is 5.90. The van der Waals surface area contributed by atoms with Gasteiger partial charge in [0, 0.05) is 19.5 Å². The lowest BCUT2D eigenvalue weighted by molar-refractivity contribution is 0.0908. The van der Waals surface area contributed by atoms with Gasteiger partial charge in [0.05, 0.1) is 11.2 Å². The van der Waals surface area contributed by atoms with E-state index in [1.807, 2.05) is 6.92 Å².